The number of aliphatic hydroxyl groups is 2. The van der Waals surface area contributed by atoms with Gasteiger partial charge in [-0.1, -0.05) is 0 Å². The number of methoxy groups -OCH3 is 1. The molecule has 0 spiro atoms. The molecule has 0 aromatic heterocycles. The highest BCUT2D eigenvalue weighted by atomic mass is 127. The van der Waals surface area contributed by atoms with Crippen molar-refractivity contribution in [2.24, 2.45) is 5.92 Å². The number of nitrogens with one attached hydrogen (secondary N) is 1. The molecule has 3 rings (SSSR count). The second-order valence-corrected chi connectivity index (χ2v) is 9.69. The molecular weight excluding hydrogens is 600 g/mol. The van der Waals surface area contributed by atoms with Crippen molar-refractivity contribution in [3.63, 3.8) is 0 Å². The molecular formula is C23H26F3IN2O7. The number of carbonyl (C=O) groups excluding carboxylic acids is 3. The minimum absolute atomic E-state index is 0.00184. The van der Waals surface area contributed by atoms with E-state index in [-0.39, 0.29) is 42.2 Å². The molecule has 1 aromatic carbocycles. The zero-order valence-electron chi connectivity index (χ0n) is 19.3. The monoisotopic (exact) mass is 626 g/mol. The van der Waals surface area contributed by atoms with Gasteiger partial charge >= 0.3 is 6.18 Å². The molecule has 1 saturated carbocycles. The molecule has 36 heavy (non-hydrogen) atoms. The van der Waals surface area contributed by atoms with Gasteiger partial charge in [0.2, 0.25) is 11.8 Å². The second kappa shape index (κ2) is 11.8. The number of hydrogen-bond acceptors (Lipinski definition) is 7. The van der Waals surface area contributed by atoms with Crippen molar-refractivity contribution in [2.45, 2.75) is 43.7 Å². The van der Waals surface area contributed by atoms with Crippen LogP contribution in [0.3, 0.4) is 0 Å². The lowest BCUT2D eigenvalue weighted by atomic mass is 9.88. The molecule has 9 nitrogen and oxygen atoms in total. The lowest BCUT2D eigenvalue weighted by Crippen LogP contribution is -2.57. The highest BCUT2D eigenvalue weighted by Crippen LogP contribution is 2.39. The summed E-state index contributed by atoms with van der Waals surface area (Å²) in [5.41, 5.74) is 0.287. The van der Waals surface area contributed by atoms with E-state index in [0.717, 1.165) is 0 Å². The highest BCUT2D eigenvalue weighted by molar-refractivity contribution is 14.1. The zero-order valence-corrected chi connectivity index (χ0v) is 21.4. The van der Waals surface area contributed by atoms with Crippen LogP contribution in [-0.2, 0) is 9.59 Å². The smallest absolute Gasteiger partial charge is 0.406 e. The zero-order chi connectivity index (χ0) is 26.6. The molecule has 3 N–H and O–H groups in total. The molecule has 1 aromatic rings. The maximum absolute atomic E-state index is 13.4. The Kier molecular flexibility index (Phi) is 9.22. The van der Waals surface area contributed by atoms with Crippen molar-refractivity contribution in [1.82, 2.24) is 10.2 Å². The van der Waals surface area contributed by atoms with Crippen molar-refractivity contribution < 1.29 is 47.2 Å². The lowest BCUT2D eigenvalue weighted by Gasteiger charge is -2.41. The number of aldehydes is 1. The van der Waals surface area contributed by atoms with Gasteiger partial charge in [0.05, 0.1) is 23.3 Å². The number of hydrogen-bond donors (Lipinski definition) is 3. The molecule has 2 amide bonds. The fraction of sp³-hybridized carbons (Fsp3) is 0.522. The summed E-state index contributed by atoms with van der Waals surface area (Å²) in [6.07, 6.45) is -5.23. The van der Waals surface area contributed by atoms with Crippen molar-refractivity contribution in [1.29, 1.82) is 0 Å². The van der Waals surface area contributed by atoms with Crippen LogP contribution >= 0.6 is 22.6 Å². The average molecular weight is 626 g/mol. The minimum atomic E-state index is -4.73. The Morgan fingerprint density at radius 2 is 2.00 bits per heavy atom. The van der Waals surface area contributed by atoms with E-state index in [1.807, 2.05) is 22.6 Å². The maximum atomic E-state index is 13.4. The second-order valence-electron chi connectivity index (χ2n) is 8.52. The summed E-state index contributed by atoms with van der Waals surface area (Å²) in [6, 6.07) is 1.48. The van der Waals surface area contributed by atoms with Gasteiger partial charge < -0.3 is 29.9 Å². The van der Waals surface area contributed by atoms with Crippen LogP contribution in [0, 0.1) is 9.49 Å². The molecule has 198 valence electrons. The third-order valence-corrected chi connectivity index (χ3v) is 6.62. The summed E-state index contributed by atoms with van der Waals surface area (Å²) in [4.78, 5) is 37.3. The van der Waals surface area contributed by atoms with E-state index in [4.69, 9.17) is 14.6 Å². The van der Waals surface area contributed by atoms with E-state index in [1.165, 1.54) is 25.3 Å². The van der Waals surface area contributed by atoms with Gasteiger partial charge in [-0.3, -0.25) is 14.4 Å². The highest BCUT2D eigenvalue weighted by Gasteiger charge is 2.47. The third kappa shape index (κ3) is 6.88. The topological polar surface area (TPSA) is 125 Å². The number of alkyl halides is 3. The Hall–Kier alpha value is -2.39. The van der Waals surface area contributed by atoms with Crippen LogP contribution in [-0.4, -0.2) is 84.4 Å². The van der Waals surface area contributed by atoms with E-state index in [9.17, 15) is 32.7 Å². The number of nitrogens with zero attached hydrogens (tertiary/aromatic N) is 1. The molecule has 0 saturated heterocycles. The van der Waals surface area contributed by atoms with E-state index < -0.39 is 48.7 Å². The molecule has 0 aliphatic heterocycles. The SMILES string of the molecule is COc1cc(C=O)cc(I)c1OC1C=C(C(=O)NCCO)CC(N(CC(F)(F)F)C(=O)C2CC2)C1O. The molecule has 3 atom stereocenters. The molecule has 0 radical (unpaired) electrons. The van der Waals surface area contributed by atoms with E-state index in [1.54, 1.807) is 0 Å². The number of amides is 2. The summed E-state index contributed by atoms with van der Waals surface area (Å²) in [6.45, 7) is -2.04. The Bertz CT molecular complexity index is 1030. The molecule has 2 aliphatic rings. The van der Waals surface area contributed by atoms with Crippen LogP contribution in [0.1, 0.15) is 29.6 Å². The molecule has 3 unspecified atom stereocenters. The fourth-order valence-electron chi connectivity index (χ4n) is 3.95. The number of benzene rings is 1. The van der Waals surface area contributed by atoms with Gasteiger partial charge in [0.25, 0.3) is 0 Å². The summed E-state index contributed by atoms with van der Waals surface area (Å²) >= 11 is 1.88. The van der Waals surface area contributed by atoms with Crippen LogP contribution in [0.25, 0.3) is 0 Å². The predicted molar refractivity (Wildman–Crippen MR) is 129 cm³/mol. The first-order valence-corrected chi connectivity index (χ1v) is 12.2. The summed E-state index contributed by atoms with van der Waals surface area (Å²) in [5, 5.41) is 22.6. The number of ether oxygens (including phenoxy) is 2. The standard InChI is InChI=1S/C23H26F3IN2O7/c1-35-18-7-12(10-31)6-15(27)20(18)36-17-9-14(21(33)28-4-5-30)8-16(19(17)32)29(11-23(24,25)26)22(34)13-2-3-13/h6-7,9-10,13,16-17,19,30,32H,2-5,8,11H2,1H3,(H,28,33). The van der Waals surface area contributed by atoms with Gasteiger partial charge in [0.15, 0.2) is 11.5 Å². The first-order valence-electron chi connectivity index (χ1n) is 11.1. The molecule has 13 heteroatoms. The molecule has 2 aliphatic carbocycles. The molecule has 0 heterocycles. The van der Waals surface area contributed by atoms with Gasteiger partial charge in [-0.15, -0.1) is 0 Å². The van der Waals surface area contributed by atoms with Crippen LogP contribution in [0.2, 0.25) is 0 Å². The van der Waals surface area contributed by atoms with Crippen molar-refractivity contribution in [3.8, 4) is 11.5 Å². The largest absolute Gasteiger partial charge is 0.493 e. The van der Waals surface area contributed by atoms with Crippen LogP contribution in [0.4, 0.5) is 13.2 Å². The number of aliphatic hydroxyl groups excluding tert-OH is 2. The van der Waals surface area contributed by atoms with Crippen LogP contribution in [0.15, 0.2) is 23.8 Å². The van der Waals surface area contributed by atoms with Crippen molar-refractivity contribution in [3.05, 3.63) is 32.9 Å². The Labute approximate surface area is 218 Å². The Balaban J connectivity index is 2.01. The summed E-state index contributed by atoms with van der Waals surface area (Å²) in [7, 11) is 1.33. The quantitative estimate of drug-likeness (QED) is 0.268. The Morgan fingerprint density at radius 1 is 1.31 bits per heavy atom. The Morgan fingerprint density at radius 3 is 2.56 bits per heavy atom. The van der Waals surface area contributed by atoms with Crippen molar-refractivity contribution in [2.75, 3.05) is 26.8 Å². The van der Waals surface area contributed by atoms with Crippen molar-refractivity contribution >= 4 is 40.7 Å². The van der Waals surface area contributed by atoms with Gasteiger partial charge in [-0.2, -0.15) is 13.2 Å². The van der Waals surface area contributed by atoms with Crippen LogP contribution < -0.4 is 14.8 Å². The fourth-order valence-corrected chi connectivity index (χ4v) is 4.71. The van der Waals surface area contributed by atoms with Gasteiger partial charge in [0.1, 0.15) is 25.0 Å². The predicted octanol–water partition coefficient (Wildman–Crippen LogP) is 1.83. The first kappa shape index (κ1) is 28.2. The van der Waals surface area contributed by atoms with Gasteiger partial charge in [-0.25, -0.2) is 0 Å². The third-order valence-electron chi connectivity index (χ3n) is 5.82. The van der Waals surface area contributed by atoms with E-state index >= 15 is 0 Å². The lowest BCUT2D eigenvalue weighted by molar-refractivity contribution is -0.173. The molecule has 0 bridgehead atoms. The summed E-state index contributed by atoms with van der Waals surface area (Å²) in [5.74, 6) is -1.73. The van der Waals surface area contributed by atoms with Gasteiger partial charge in [0, 0.05) is 30.0 Å². The van der Waals surface area contributed by atoms with E-state index in [0.29, 0.717) is 27.6 Å². The maximum Gasteiger partial charge on any atom is 0.406 e. The summed E-state index contributed by atoms with van der Waals surface area (Å²) < 4.78 is 52.0. The minimum Gasteiger partial charge on any atom is -0.493 e. The first-order chi connectivity index (χ1) is 17.0. The van der Waals surface area contributed by atoms with E-state index in [2.05, 4.69) is 5.32 Å². The van der Waals surface area contributed by atoms with Gasteiger partial charge in [-0.05, 0) is 53.6 Å². The normalized spacial score (nSPS) is 21.9. The van der Waals surface area contributed by atoms with Crippen LogP contribution in [0.5, 0.6) is 11.5 Å². The average Bonchev–Trinajstić information content (AvgIpc) is 3.67. The number of halogens is 4. The molecule has 1 fully saturated rings. The number of carbonyl (C=O) groups is 3. The number of rotatable bonds is 10.